The minimum absolute atomic E-state index is 0.284. The lowest BCUT2D eigenvalue weighted by Crippen LogP contribution is -2.36. The van der Waals surface area contributed by atoms with E-state index in [0.717, 1.165) is 12.2 Å². The molecule has 0 aliphatic rings. The highest BCUT2D eigenvalue weighted by atomic mass is 16.7. The van der Waals surface area contributed by atoms with Crippen LogP contribution in [-0.2, 0) is 9.59 Å². The zero-order valence-electron chi connectivity index (χ0n) is 10.6. The Bertz CT molecular complexity index is 569. The predicted molar refractivity (Wildman–Crippen MR) is 68.6 cm³/mol. The molecule has 0 radical (unpaired) electrons. The molecule has 0 atom stereocenters. The number of benzene rings is 1. The maximum absolute atomic E-state index is 11.3. The largest absolute Gasteiger partial charge is 0.508 e. The van der Waals surface area contributed by atoms with E-state index in [0.29, 0.717) is 0 Å². The van der Waals surface area contributed by atoms with Crippen LogP contribution in [0.2, 0.25) is 0 Å². The summed E-state index contributed by atoms with van der Waals surface area (Å²) in [5.41, 5.74) is 0. The maximum Gasteiger partial charge on any atom is 0.508 e. The number of ketones is 1. The van der Waals surface area contributed by atoms with E-state index in [1.54, 1.807) is 18.2 Å². The molecule has 0 N–H and O–H groups in total. The Morgan fingerprint density at radius 2 is 1.71 bits per heavy atom. The van der Waals surface area contributed by atoms with Gasteiger partial charge in [-0.25, -0.2) is 4.79 Å². The predicted octanol–water partition coefficient (Wildman–Crippen LogP) is 0.987. The van der Waals surface area contributed by atoms with Crippen molar-refractivity contribution in [2.24, 2.45) is 0 Å². The number of nitrogens with zero attached hydrogens (tertiary/aromatic N) is 2. The molecular weight excluding hydrogens is 284 g/mol. The normalized spacial score (nSPS) is 10.5. The number of para-hydroxylation sites is 1. The summed E-state index contributed by atoms with van der Waals surface area (Å²) in [6.07, 6.45) is -1.29. The van der Waals surface area contributed by atoms with Gasteiger partial charge >= 0.3 is 12.1 Å². The van der Waals surface area contributed by atoms with E-state index >= 15 is 0 Å². The average Bonchev–Trinajstić information content (AvgIpc) is 2.38. The summed E-state index contributed by atoms with van der Waals surface area (Å²) in [4.78, 5) is 40.7. The molecule has 0 bridgehead atoms. The van der Waals surface area contributed by atoms with Crippen molar-refractivity contribution in [1.82, 2.24) is 0 Å². The van der Waals surface area contributed by atoms with Crippen molar-refractivity contribution in [2.45, 2.75) is 12.6 Å². The number of Topliss-reactive ketones (excluding diaryl/α,β-unsaturated/α-hetero) is 1. The Morgan fingerprint density at radius 3 is 2.24 bits per heavy atom. The van der Waals surface area contributed by atoms with Crippen molar-refractivity contribution in [3.05, 3.63) is 62.7 Å². The smallest absolute Gasteiger partial charge is 0.423 e. The summed E-state index contributed by atoms with van der Waals surface area (Å²) in [6.45, 7) is 0. The summed E-state index contributed by atoms with van der Waals surface area (Å²) < 4.78 is 4.85. The molecule has 1 aromatic carbocycles. The van der Waals surface area contributed by atoms with Gasteiger partial charge in [0.2, 0.25) is 0 Å². The minimum atomic E-state index is -2.53. The Hall–Kier alpha value is -3.10. The molecule has 1 rings (SSSR count). The Morgan fingerprint density at radius 1 is 1.14 bits per heavy atom. The molecule has 0 amide bonds. The number of nitro groups is 2. The van der Waals surface area contributed by atoms with E-state index in [4.69, 9.17) is 4.74 Å². The second kappa shape index (κ2) is 7.48. The van der Waals surface area contributed by atoms with Crippen LogP contribution in [0.25, 0.3) is 0 Å². The van der Waals surface area contributed by atoms with Crippen molar-refractivity contribution in [3.8, 4) is 5.75 Å². The third-order valence-corrected chi connectivity index (χ3v) is 2.22. The lowest BCUT2D eigenvalue weighted by molar-refractivity contribution is -0.723. The Balaban J connectivity index is 2.54. The summed E-state index contributed by atoms with van der Waals surface area (Å²) in [6, 6.07) is 8.09. The first-order valence-electron chi connectivity index (χ1n) is 5.65. The Labute approximate surface area is 118 Å². The van der Waals surface area contributed by atoms with Gasteiger partial charge in [0.05, 0.1) is 0 Å². The molecule has 0 heterocycles. The zero-order chi connectivity index (χ0) is 15.8. The summed E-state index contributed by atoms with van der Waals surface area (Å²) >= 11 is 0. The van der Waals surface area contributed by atoms with E-state index in [1.807, 2.05) is 0 Å². The number of allylic oxidation sites excluding steroid dienone is 1. The number of carbonyl (C=O) groups is 2. The molecule has 0 unspecified atom stereocenters. The number of ether oxygens (including phenoxy) is 1. The van der Waals surface area contributed by atoms with Crippen LogP contribution in [0, 0.1) is 20.2 Å². The maximum atomic E-state index is 11.3. The fourth-order valence-electron chi connectivity index (χ4n) is 1.33. The molecule has 1 aromatic rings. The van der Waals surface area contributed by atoms with Gasteiger partial charge in [0.15, 0.2) is 0 Å². The highest BCUT2D eigenvalue weighted by molar-refractivity contribution is 5.87. The van der Waals surface area contributed by atoms with Crippen molar-refractivity contribution in [2.75, 3.05) is 0 Å². The molecule has 0 fully saturated rings. The van der Waals surface area contributed by atoms with Gasteiger partial charge in [0.25, 0.3) is 5.78 Å². The quantitative estimate of drug-likeness (QED) is 0.183. The fraction of sp³-hybridized carbons (Fsp3) is 0.167. The summed E-state index contributed by atoms with van der Waals surface area (Å²) in [5.74, 6) is -1.74. The highest BCUT2D eigenvalue weighted by Crippen LogP contribution is 2.08. The lowest BCUT2D eigenvalue weighted by atomic mass is 10.2. The van der Waals surface area contributed by atoms with Crippen LogP contribution in [0.3, 0.4) is 0 Å². The Kier molecular flexibility index (Phi) is 5.68. The average molecular weight is 294 g/mol. The fourth-order valence-corrected chi connectivity index (χ4v) is 1.33. The molecule has 9 nitrogen and oxygen atoms in total. The number of esters is 1. The number of hydrogen-bond acceptors (Lipinski definition) is 7. The molecule has 110 valence electrons. The molecule has 0 spiro atoms. The van der Waals surface area contributed by atoms with E-state index in [-0.39, 0.29) is 5.75 Å². The van der Waals surface area contributed by atoms with Gasteiger partial charge in [-0.1, -0.05) is 24.3 Å². The second-order valence-electron chi connectivity index (χ2n) is 3.75. The first-order valence-corrected chi connectivity index (χ1v) is 5.65. The molecule has 9 heteroatoms. The van der Waals surface area contributed by atoms with Crippen molar-refractivity contribution < 1.29 is 24.2 Å². The van der Waals surface area contributed by atoms with Gasteiger partial charge in [0.1, 0.15) is 15.6 Å². The molecule has 0 saturated heterocycles. The van der Waals surface area contributed by atoms with Gasteiger partial charge in [-0.2, -0.15) is 0 Å². The van der Waals surface area contributed by atoms with Crippen molar-refractivity contribution in [1.29, 1.82) is 0 Å². The lowest BCUT2D eigenvalue weighted by Gasteiger charge is -2.00. The van der Waals surface area contributed by atoms with Crippen LogP contribution in [0.5, 0.6) is 5.75 Å². The van der Waals surface area contributed by atoms with E-state index < -0.39 is 34.2 Å². The van der Waals surface area contributed by atoms with Crippen LogP contribution in [0.15, 0.2) is 42.5 Å². The number of rotatable bonds is 7. The third kappa shape index (κ3) is 5.19. The van der Waals surface area contributed by atoms with Gasteiger partial charge in [-0.3, -0.25) is 25.0 Å². The van der Waals surface area contributed by atoms with Crippen LogP contribution in [0.1, 0.15) is 6.42 Å². The standard InChI is InChI=1S/C12H10N2O7/c15-10(12(13(17)18)14(19)20)7-4-8-11(16)21-9-5-2-1-3-6-9/h1-6,8,12H,7H2/b8-4+. The van der Waals surface area contributed by atoms with E-state index in [9.17, 15) is 29.8 Å². The second-order valence-corrected chi connectivity index (χ2v) is 3.75. The summed E-state index contributed by atoms with van der Waals surface area (Å²) in [5, 5.41) is 20.7. The molecule has 0 aromatic heterocycles. The third-order valence-electron chi connectivity index (χ3n) is 2.22. The van der Waals surface area contributed by atoms with Gasteiger partial charge in [-0.15, -0.1) is 0 Å². The van der Waals surface area contributed by atoms with Gasteiger partial charge in [0, 0.05) is 12.5 Å². The SMILES string of the molecule is O=C(/C=C/CC(=O)C([N+](=O)[O-])[N+](=O)[O-])Oc1ccccc1. The number of carbonyl (C=O) groups excluding carboxylic acids is 2. The van der Waals surface area contributed by atoms with Crippen molar-refractivity contribution >= 4 is 11.8 Å². The van der Waals surface area contributed by atoms with Crippen molar-refractivity contribution in [3.63, 3.8) is 0 Å². The van der Waals surface area contributed by atoms with E-state index in [1.165, 1.54) is 12.1 Å². The van der Waals surface area contributed by atoms with Crippen LogP contribution < -0.4 is 4.74 Å². The van der Waals surface area contributed by atoms with Crippen LogP contribution in [-0.4, -0.2) is 27.8 Å². The topological polar surface area (TPSA) is 130 Å². The molecule has 0 aliphatic heterocycles. The van der Waals surface area contributed by atoms with Gasteiger partial charge in [-0.05, 0) is 12.1 Å². The first kappa shape index (κ1) is 16.0. The minimum Gasteiger partial charge on any atom is -0.423 e. The van der Waals surface area contributed by atoms with Crippen LogP contribution in [0.4, 0.5) is 0 Å². The molecule has 0 aliphatic carbocycles. The van der Waals surface area contributed by atoms with E-state index in [2.05, 4.69) is 0 Å². The molecular formula is C12H10N2O7. The highest BCUT2D eigenvalue weighted by Gasteiger charge is 2.40. The van der Waals surface area contributed by atoms with Crippen LogP contribution >= 0.6 is 0 Å². The molecule has 0 saturated carbocycles. The first-order chi connectivity index (χ1) is 9.91. The monoisotopic (exact) mass is 294 g/mol. The number of hydrogen-bond donors (Lipinski definition) is 0. The summed E-state index contributed by atoms with van der Waals surface area (Å²) in [7, 11) is 0. The van der Waals surface area contributed by atoms with Gasteiger partial charge < -0.3 is 4.74 Å². The molecule has 21 heavy (non-hydrogen) atoms. The zero-order valence-corrected chi connectivity index (χ0v) is 10.6.